The number of nitrogens with one attached hydrogen (secondary N) is 1. The molecule has 1 aromatic carbocycles. The second kappa shape index (κ2) is 6.97. The summed E-state index contributed by atoms with van der Waals surface area (Å²) in [5, 5.41) is 4.15. The zero-order valence-corrected chi connectivity index (χ0v) is 11.6. The highest BCUT2D eigenvalue weighted by atomic mass is 32.2. The monoisotopic (exact) mass is 237 g/mol. The molecular weight excluding hydrogens is 214 g/mol. The second-order valence-corrected chi connectivity index (χ2v) is 5.70. The maximum absolute atomic E-state index is 3.45. The lowest BCUT2D eigenvalue weighted by atomic mass is 10.1. The van der Waals surface area contributed by atoms with E-state index in [2.05, 4.69) is 57.3 Å². The van der Waals surface area contributed by atoms with E-state index in [0.717, 1.165) is 6.54 Å². The van der Waals surface area contributed by atoms with E-state index in [0.29, 0.717) is 11.3 Å². The van der Waals surface area contributed by atoms with Crippen LogP contribution in [0.15, 0.2) is 29.2 Å². The molecule has 1 rings (SSSR count). The topological polar surface area (TPSA) is 12.0 Å². The van der Waals surface area contributed by atoms with E-state index in [9.17, 15) is 0 Å². The molecule has 0 amide bonds. The van der Waals surface area contributed by atoms with Gasteiger partial charge >= 0.3 is 0 Å². The Kier molecular flexibility index (Phi) is 5.93. The quantitative estimate of drug-likeness (QED) is 0.742. The van der Waals surface area contributed by atoms with Crippen molar-refractivity contribution in [3.8, 4) is 0 Å². The highest BCUT2D eigenvalue weighted by molar-refractivity contribution is 7.99. The van der Waals surface area contributed by atoms with E-state index >= 15 is 0 Å². The molecule has 0 aliphatic carbocycles. The maximum Gasteiger partial charge on any atom is 0.0292 e. The molecule has 16 heavy (non-hydrogen) atoms. The first-order valence-electron chi connectivity index (χ1n) is 6.17. The smallest absolute Gasteiger partial charge is 0.0292 e. The minimum atomic E-state index is 0.447. The molecule has 2 atom stereocenters. The largest absolute Gasteiger partial charge is 0.310 e. The van der Waals surface area contributed by atoms with Crippen LogP contribution in [0.1, 0.15) is 45.7 Å². The molecule has 90 valence electrons. The first-order valence-corrected chi connectivity index (χ1v) is 7.05. The average molecular weight is 237 g/mol. The molecule has 0 aliphatic heterocycles. The van der Waals surface area contributed by atoms with Gasteiger partial charge in [0.1, 0.15) is 0 Å². The normalized spacial score (nSPS) is 14.8. The Labute approximate surface area is 104 Å². The summed E-state index contributed by atoms with van der Waals surface area (Å²) >= 11 is 1.97. The van der Waals surface area contributed by atoms with Crippen molar-refractivity contribution in [2.45, 2.75) is 50.3 Å². The predicted octanol–water partition coefficient (Wildman–Crippen LogP) is 4.25. The molecule has 0 radical (unpaired) electrons. The standard InChI is InChI=1S/C14H23NS/c1-5-11(3)16-14-9-7-8-13(10-14)12(4)15-6-2/h7-12,15H,5-6H2,1-4H3. The molecule has 0 aromatic heterocycles. The summed E-state index contributed by atoms with van der Waals surface area (Å²) in [5.41, 5.74) is 1.38. The van der Waals surface area contributed by atoms with Crippen LogP contribution >= 0.6 is 11.8 Å². The minimum Gasteiger partial charge on any atom is -0.310 e. The van der Waals surface area contributed by atoms with E-state index in [1.807, 2.05) is 11.8 Å². The van der Waals surface area contributed by atoms with Crippen molar-refractivity contribution in [1.29, 1.82) is 0 Å². The Bertz CT molecular complexity index is 311. The fourth-order valence-electron chi connectivity index (χ4n) is 1.60. The summed E-state index contributed by atoms with van der Waals surface area (Å²) < 4.78 is 0. The molecular formula is C14H23NS. The van der Waals surface area contributed by atoms with E-state index in [4.69, 9.17) is 0 Å². The third kappa shape index (κ3) is 4.18. The van der Waals surface area contributed by atoms with Crippen LogP contribution in [0.3, 0.4) is 0 Å². The van der Waals surface area contributed by atoms with Crippen molar-refractivity contribution in [3.63, 3.8) is 0 Å². The van der Waals surface area contributed by atoms with Gasteiger partial charge in [-0.2, -0.15) is 0 Å². The summed E-state index contributed by atoms with van der Waals surface area (Å²) in [6, 6.07) is 9.33. The highest BCUT2D eigenvalue weighted by Crippen LogP contribution is 2.27. The fraction of sp³-hybridized carbons (Fsp3) is 0.571. The molecule has 0 saturated heterocycles. The number of hydrogen-bond donors (Lipinski definition) is 1. The van der Waals surface area contributed by atoms with Crippen LogP contribution in [0.25, 0.3) is 0 Å². The van der Waals surface area contributed by atoms with E-state index in [1.165, 1.54) is 16.9 Å². The van der Waals surface area contributed by atoms with Crippen LogP contribution in [0.5, 0.6) is 0 Å². The zero-order chi connectivity index (χ0) is 12.0. The average Bonchev–Trinajstić information content (AvgIpc) is 2.29. The predicted molar refractivity (Wildman–Crippen MR) is 74.1 cm³/mol. The SMILES string of the molecule is CCNC(C)c1cccc(SC(C)CC)c1. The Balaban J connectivity index is 2.70. The van der Waals surface area contributed by atoms with Crippen molar-refractivity contribution >= 4 is 11.8 Å². The van der Waals surface area contributed by atoms with Crippen molar-refractivity contribution < 1.29 is 0 Å². The van der Waals surface area contributed by atoms with Gasteiger partial charge in [0.2, 0.25) is 0 Å². The van der Waals surface area contributed by atoms with Gasteiger partial charge in [0.05, 0.1) is 0 Å². The number of hydrogen-bond acceptors (Lipinski definition) is 2. The van der Waals surface area contributed by atoms with Gasteiger partial charge in [0.25, 0.3) is 0 Å². The number of benzene rings is 1. The van der Waals surface area contributed by atoms with Gasteiger partial charge in [-0.25, -0.2) is 0 Å². The molecule has 0 saturated carbocycles. The van der Waals surface area contributed by atoms with E-state index in [-0.39, 0.29) is 0 Å². The molecule has 0 fully saturated rings. The van der Waals surface area contributed by atoms with Gasteiger partial charge in [0.15, 0.2) is 0 Å². The van der Waals surface area contributed by atoms with Crippen molar-refractivity contribution in [1.82, 2.24) is 5.32 Å². The molecule has 0 bridgehead atoms. The summed E-state index contributed by atoms with van der Waals surface area (Å²) in [5.74, 6) is 0. The zero-order valence-electron chi connectivity index (χ0n) is 10.8. The molecule has 0 aliphatic rings. The maximum atomic E-state index is 3.45. The number of rotatable bonds is 6. The number of thioether (sulfide) groups is 1. The van der Waals surface area contributed by atoms with Crippen LogP contribution in [0, 0.1) is 0 Å². The van der Waals surface area contributed by atoms with E-state index in [1.54, 1.807) is 0 Å². The first kappa shape index (κ1) is 13.6. The lowest BCUT2D eigenvalue weighted by Gasteiger charge is -2.15. The third-order valence-electron chi connectivity index (χ3n) is 2.78. The summed E-state index contributed by atoms with van der Waals surface area (Å²) in [7, 11) is 0. The molecule has 2 heteroatoms. The highest BCUT2D eigenvalue weighted by Gasteiger charge is 2.06. The van der Waals surface area contributed by atoms with Crippen molar-refractivity contribution in [2.24, 2.45) is 0 Å². The third-order valence-corrected chi connectivity index (χ3v) is 4.04. The summed E-state index contributed by atoms with van der Waals surface area (Å²) in [4.78, 5) is 1.39. The Morgan fingerprint density at radius 1 is 1.25 bits per heavy atom. The molecule has 1 aromatic rings. The van der Waals surface area contributed by atoms with Crippen molar-refractivity contribution in [3.05, 3.63) is 29.8 Å². The van der Waals surface area contributed by atoms with Gasteiger partial charge in [0, 0.05) is 16.2 Å². The Morgan fingerprint density at radius 3 is 2.62 bits per heavy atom. The Morgan fingerprint density at radius 2 is 2.00 bits per heavy atom. The minimum absolute atomic E-state index is 0.447. The molecule has 0 spiro atoms. The fourth-order valence-corrected chi connectivity index (χ4v) is 2.59. The summed E-state index contributed by atoms with van der Waals surface area (Å²) in [6.45, 7) is 9.91. The molecule has 0 heterocycles. The Hall–Kier alpha value is -0.470. The van der Waals surface area contributed by atoms with Crippen LogP contribution in [-0.4, -0.2) is 11.8 Å². The first-order chi connectivity index (χ1) is 7.67. The van der Waals surface area contributed by atoms with Crippen LogP contribution in [-0.2, 0) is 0 Å². The lowest BCUT2D eigenvalue weighted by molar-refractivity contribution is 0.597. The van der Waals surface area contributed by atoms with Gasteiger partial charge < -0.3 is 5.32 Å². The molecule has 1 nitrogen and oxygen atoms in total. The van der Waals surface area contributed by atoms with E-state index < -0.39 is 0 Å². The molecule has 1 N–H and O–H groups in total. The van der Waals surface area contributed by atoms with Crippen molar-refractivity contribution in [2.75, 3.05) is 6.54 Å². The van der Waals surface area contributed by atoms with Crippen LogP contribution in [0.4, 0.5) is 0 Å². The van der Waals surface area contributed by atoms with Crippen LogP contribution < -0.4 is 5.32 Å². The van der Waals surface area contributed by atoms with Gasteiger partial charge in [-0.3, -0.25) is 0 Å². The lowest BCUT2D eigenvalue weighted by Crippen LogP contribution is -2.17. The molecule has 2 unspecified atom stereocenters. The summed E-state index contributed by atoms with van der Waals surface area (Å²) in [6.07, 6.45) is 1.22. The van der Waals surface area contributed by atoms with Crippen LogP contribution in [0.2, 0.25) is 0 Å². The second-order valence-electron chi connectivity index (χ2n) is 4.19. The van der Waals surface area contributed by atoms with Gasteiger partial charge in [-0.15, -0.1) is 11.8 Å². The van der Waals surface area contributed by atoms with Gasteiger partial charge in [-0.1, -0.05) is 32.9 Å². The van der Waals surface area contributed by atoms with Gasteiger partial charge in [-0.05, 0) is 37.6 Å².